The van der Waals surface area contributed by atoms with Gasteiger partial charge in [-0.15, -0.1) is 0 Å². The molecule has 1 saturated heterocycles. The molecule has 1 N–H and O–H groups in total. The van der Waals surface area contributed by atoms with Crippen LogP contribution in [-0.2, 0) is 9.53 Å². The van der Waals surface area contributed by atoms with E-state index in [9.17, 15) is 9.90 Å². The monoisotopic (exact) mass is 327 g/mol. The molecule has 0 saturated carbocycles. The fraction of sp³-hybridized carbons (Fsp3) is 0.500. The maximum absolute atomic E-state index is 11.6. The molecular formula is C14H18BrNO3. The number of aryl methyl sites for hydroxylation is 1. The maximum Gasteiger partial charge on any atom is 0.337 e. The number of hydrogen-bond donors (Lipinski definition) is 1. The molecule has 4 nitrogen and oxygen atoms in total. The quantitative estimate of drug-likeness (QED) is 0.846. The molecule has 0 aromatic heterocycles. The predicted molar refractivity (Wildman–Crippen MR) is 77.3 cm³/mol. The van der Waals surface area contributed by atoms with Gasteiger partial charge in [0.1, 0.15) is 0 Å². The second kappa shape index (κ2) is 5.51. The summed E-state index contributed by atoms with van der Waals surface area (Å²) in [6.07, 6.45) is 0.789. The Morgan fingerprint density at radius 3 is 2.63 bits per heavy atom. The number of ether oxygens (including phenoxy) is 1. The summed E-state index contributed by atoms with van der Waals surface area (Å²) in [5.41, 5.74) is 0.999. The Balaban J connectivity index is 2.12. The molecule has 0 spiro atoms. The van der Waals surface area contributed by atoms with Gasteiger partial charge in [-0.25, -0.2) is 4.79 Å². The van der Waals surface area contributed by atoms with E-state index in [0.29, 0.717) is 25.9 Å². The van der Waals surface area contributed by atoms with Gasteiger partial charge in [0, 0.05) is 36.1 Å². The molecule has 5 heteroatoms. The van der Waals surface area contributed by atoms with Crippen LogP contribution in [0.2, 0.25) is 0 Å². The third kappa shape index (κ3) is 2.92. The number of halogens is 1. The number of carbonyl (C=O) groups is 1. The summed E-state index contributed by atoms with van der Waals surface area (Å²) in [6.45, 7) is 3.34. The molecule has 0 radical (unpaired) electrons. The third-order valence-corrected chi connectivity index (χ3v) is 4.16. The van der Waals surface area contributed by atoms with E-state index in [1.807, 2.05) is 6.07 Å². The molecule has 0 unspecified atom stereocenters. The van der Waals surface area contributed by atoms with Gasteiger partial charge in [-0.3, -0.25) is 0 Å². The maximum atomic E-state index is 11.6. The summed E-state index contributed by atoms with van der Waals surface area (Å²) in [4.78, 5) is 13.7. The Morgan fingerprint density at radius 1 is 1.42 bits per heavy atom. The number of piperidine rings is 1. The van der Waals surface area contributed by atoms with Gasteiger partial charge in [-0.05, 0) is 24.6 Å². The molecule has 0 amide bonds. The van der Waals surface area contributed by atoms with E-state index in [2.05, 4.69) is 44.6 Å². The first kappa shape index (κ1) is 14.3. The van der Waals surface area contributed by atoms with Crippen LogP contribution < -0.4 is 4.90 Å². The number of rotatable bonds is 2. The Kier molecular flexibility index (Phi) is 4.16. The highest BCUT2D eigenvalue weighted by Crippen LogP contribution is 2.30. The first-order valence-corrected chi connectivity index (χ1v) is 7.07. The summed E-state index contributed by atoms with van der Waals surface area (Å²) >= 11 is 3.47. The Morgan fingerprint density at radius 2 is 2.05 bits per heavy atom. The van der Waals surface area contributed by atoms with E-state index in [4.69, 9.17) is 0 Å². The summed E-state index contributed by atoms with van der Waals surface area (Å²) in [5.74, 6) is -0.530. The van der Waals surface area contributed by atoms with Crippen LogP contribution in [0, 0.1) is 6.92 Å². The minimum atomic E-state index is -1.33. The smallest absolute Gasteiger partial charge is 0.337 e. The predicted octanol–water partition coefficient (Wildman–Crippen LogP) is 2.26. The van der Waals surface area contributed by atoms with Crippen LogP contribution in [0.25, 0.3) is 0 Å². The lowest BCUT2D eigenvalue weighted by atomic mass is 9.91. The van der Waals surface area contributed by atoms with Crippen LogP contribution >= 0.6 is 15.9 Å². The Labute approximate surface area is 121 Å². The van der Waals surface area contributed by atoms with Crippen LogP contribution in [0.3, 0.4) is 0 Å². The number of esters is 1. The van der Waals surface area contributed by atoms with E-state index < -0.39 is 11.6 Å². The van der Waals surface area contributed by atoms with Crippen molar-refractivity contribution >= 4 is 27.6 Å². The van der Waals surface area contributed by atoms with Gasteiger partial charge in [0.25, 0.3) is 0 Å². The fourth-order valence-corrected chi connectivity index (χ4v) is 2.78. The van der Waals surface area contributed by atoms with Crippen LogP contribution in [0.5, 0.6) is 0 Å². The van der Waals surface area contributed by atoms with Crippen molar-refractivity contribution in [1.82, 2.24) is 0 Å². The molecule has 1 aliphatic rings. The summed E-state index contributed by atoms with van der Waals surface area (Å²) in [6, 6.07) is 6.13. The Bertz CT molecular complexity index is 482. The lowest BCUT2D eigenvalue weighted by Gasteiger charge is -2.38. The second-order valence-corrected chi connectivity index (χ2v) is 5.86. The minimum Gasteiger partial charge on any atom is -0.467 e. The molecule has 0 aliphatic carbocycles. The van der Waals surface area contributed by atoms with Gasteiger partial charge in [0.2, 0.25) is 0 Å². The minimum absolute atomic E-state index is 0.394. The number of methoxy groups -OCH3 is 1. The van der Waals surface area contributed by atoms with Crippen molar-refractivity contribution in [3.05, 3.63) is 28.2 Å². The van der Waals surface area contributed by atoms with Crippen LogP contribution in [0.15, 0.2) is 22.7 Å². The van der Waals surface area contributed by atoms with Gasteiger partial charge in [0.15, 0.2) is 5.60 Å². The lowest BCUT2D eigenvalue weighted by molar-refractivity contribution is -0.164. The summed E-state index contributed by atoms with van der Waals surface area (Å²) in [7, 11) is 1.31. The Hall–Kier alpha value is -1.07. The number of benzene rings is 1. The fourth-order valence-electron chi connectivity index (χ4n) is 2.43. The highest BCUT2D eigenvalue weighted by molar-refractivity contribution is 9.10. The van der Waals surface area contributed by atoms with E-state index in [1.54, 1.807) is 0 Å². The van der Waals surface area contributed by atoms with Crippen molar-refractivity contribution in [3.63, 3.8) is 0 Å². The largest absolute Gasteiger partial charge is 0.467 e. The molecule has 1 aliphatic heterocycles. The molecule has 2 rings (SSSR count). The SMILES string of the molecule is COC(=O)C1(O)CCN(c2cc(Br)ccc2C)CC1. The highest BCUT2D eigenvalue weighted by atomic mass is 79.9. The molecule has 19 heavy (non-hydrogen) atoms. The number of hydrogen-bond acceptors (Lipinski definition) is 4. The molecular weight excluding hydrogens is 310 g/mol. The third-order valence-electron chi connectivity index (χ3n) is 3.67. The zero-order valence-corrected chi connectivity index (χ0v) is 12.7. The van der Waals surface area contributed by atoms with Crippen LogP contribution in [-0.4, -0.2) is 36.9 Å². The van der Waals surface area contributed by atoms with E-state index in [-0.39, 0.29) is 0 Å². The molecule has 1 heterocycles. The molecule has 1 fully saturated rings. The van der Waals surface area contributed by atoms with Crippen molar-refractivity contribution in [2.75, 3.05) is 25.1 Å². The standard InChI is InChI=1S/C14H18BrNO3/c1-10-3-4-11(15)9-12(10)16-7-5-14(18,6-8-16)13(17)19-2/h3-4,9,18H,5-8H2,1-2H3. The lowest BCUT2D eigenvalue weighted by Crippen LogP contribution is -2.50. The van der Waals surface area contributed by atoms with Gasteiger partial charge >= 0.3 is 5.97 Å². The normalized spacial score (nSPS) is 18.2. The van der Waals surface area contributed by atoms with Gasteiger partial charge in [0.05, 0.1) is 7.11 Å². The van der Waals surface area contributed by atoms with Crippen LogP contribution in [0.1, 0.15) is 18.4 Å². The van der Waals surface area contributed by atoms with Crippen molar-refractivity contribution in [2.45, 2.75) is 25.4 Å². The zero-order valence-electron chi connectivity index (χ0n) is 11.1. The molecule has 104 valence electrons. The average molecular weight is 328 g/mol. The number of anilines is 1. The molecule has 1 aromatic rings. The summed E-state index contributed by atoms with van der Waals surface area (Å²) < 4.78 is 5.69. The molecule has 1 aromatic carbocycles. The number of carbonyl (C=O) groups excluding carboxylic acids is 1. The number of aliphatic hydroxyl groups is 1. The molecule has 0 atom stereocenters. The number of nitrogens with zero attached hydrogens (tertiary/aromatic N) is 1. The van der Waals surface area contributed by atoms with Crippen molar-refractivity contribution < 1.29 is 14.6 Å². The average Bonchev–Trinajstić information content (AvgIpc) is 2.41. The molecule has 0 bridgehead atoms. The van der Waals surface area contributed by atoms with Gasteiger partial charge in [-0.1, -0.05) is 22.0 Å². The van der Waals surface area contributed by atoms with Gasteiger partial charge in [-0.2, -0.15) is 0 Å². The van der Waals surface area contributed by atoms with E-state index in [1.165, 1.54) is 12.7 Å². The second-order valence-electron chi connectivity index (χ2n) is 4.94. The van der Waals surface area contributed by atoms with Crippen LogP contribution in [0.4, 0.5) is 5.69 Å². The highest BCUT2D eigenvalue weighted by Gasteiger charge is 2.40. The van der Waals surface area contributed by atoms with E-state index in [0.717, 1.165) is 10.2 Å². The zero-order chi connectivity index (χ0) is 14.0. The summed E-state index contributed by atoms with van der Waals surface area (Å²) in [5, 5.41) is 10.2. The van der Waals surface area contributed by atoms with E-state index >= 15 is 0 Å². The van der Waals surface area contributed by atoms with Crippen molar-refractivity contribution in [1.29, 1.82) is 0 Å². The van der Waals surface area contributed by atoms with Crippen molar-refractivity contribution in [3.8, 4) is 0 Å². The topological polar surface area (TPSA) is 49.8 Å². The van der Waals surface area contributed by atoms with Crippen molar-refractivity contribution in [2.24, 2.45) is 0 Å². The first-order valence-electron chi connectivity index (χ1n) is 6.28. The van der Waals surface area contributed by atoms with Gasteiger partial charge < -0.3 is 14.7 Å². The first-order chi connectivity index (χ1) is 8.96.